The number of ketones is 1. The van der Waals surface area contributed by atoms with E-state index in [0.29, 0.717) is 25.3 Å². The Bertz CT molecular complexity index is 834. The van der Waals surface area contributed by atoms with Gasteiger partial charge < -0.3 is 14.6 Å². The molecule has 0 amide bonds. The monoisotopic (exact) mass is 385 g/mol. The normalized spacial score (nSPS) is 55.9. The first-order chi connectivity index (χ1) is 13.3. The summed E-state index contributed by atoms with van der Waals surface area (Å²) in [7, 11) is 1.47. The zero-order chi connectivity index (χ0) is 19.6. The van der Waals surface area contributed by atoms with Crippen molar-refractivity contribution < 1.29 is 19.0 Å². The van der Waals surface area contributed by atoms with Gasteiger partial charge in [0.1, 0.15) is 5.78 Å². The second-order valence-electron chi connectivity index (χ2n) is 10.9. The van der Waals surface area contributed by atoms with Gasteiger partial charge in [0.05, 0.1) is 37.6 Å². The number of carbonyl (C=O) groups excluding carboxylic acids is 2. The Labute approximate surface area is 166 Å². The lowest BCUT2D eigenvalue weighted by molar-refractivity contribution is -0.908. The minimum Gasteiger partial charge on any atom is -0.633 e. The number of rotatable bonds is 1. The third-order valence-electron chi connectivity index (χ3n) is 10.4. The Morgan fingerprint density at radius 2 is 1.96 bits per heavy atom. The molecule has 0 aromatic rings. The number of hydrogen-bond donors (Lipinski definition) is 0. The third kappa shape index (κ3) is 1.63. The van der Waals surface area contributed by atoms with Crippen LogP contribution in [0.25, 0.3) is 0 Å². The maximum atomic E-state index is 14.3. The second-order valence-corrected chi connectivity index (χ2v) is 10.9. The van der Waals surface area contributed by atoms with E-state index >= 15 is 0 Å². The van der Waals surface area contributed by atoms with Crippen LogP contribution in [0.4, 0.5) is 0 Å². The first kappa shape index (κ1) is 17.6. The molecule has 9 atom stereocenters. The first-order valence-corrected chi connectivity index (χ1v) is 11.2. The van der Waals surface area contributed by atoms with Crippen LogP contribution in [0.5, 0.6) is 0 Å². The fourth-order valence-electron chi connectivity index (χ4n) is 9.37. The number of quaternary nitrogens is 1. The highest BCUT2D eigenvalue weighted by molar-refractivity contribution is 5.95. The van der Waals surface area contributed by atoms with Crippen LogP contribution in [0.15, 0.2) is 11.1 Å². The van der Waals surface area contributed by atoms with Crippen molar-refractivity contribution >= 4 is 11.8 Å². The Balaban J connectivity index is 1.63. The van der Waals surface area contributed by atoms with Gasteiger partial charge in [-0.3, -0.25) is 9.59 Å². The maximum absolute atomic E-state index is 14.3. The third-order valence-corrected chi connectivity index (χ3v) is 10.4. The summed E-state index contributed by atoms with van der Waals surface area (Å²) >= 11 is 0. The molecule has 5 nitrogen and oxygen atoms in total. The van der Waals surface area contributed by atoms with E-state index < -0.39 is 5.41 Å². The van der Waals surface area contributed by atoms with Crippen molar-refractivity contribution in [2.45, 2.75) is 58.4 Å². The predicted molar refractivity (Wildman–Crippen MR) is 103 cm³/mol. The van der Waals surface area contributed by atoms with E-state index in [9.17, 15) is 14.8 Å². The zero-order valence-electron chi connectivity index (χ0n) is 17.2. The summed E-state index contributed by atoms with van der Waals surface area (Å²) in [5, 5.41) is 14.0. The Morgan fingerprint density at radius 3 is 2.71 bits per heavy atom. The molecule has 5 heteroatoms. The van der Waals surface area contributed by atoms with Crippen molar-refractivity contribution in [2.24, 2.45) is 40.4 Å². The Kier molecular flexibility index (Phi) is 3.21. The summed E-state index contributed by atoms with van der Waals surface area (Å²) in [4.78, 5) is 27.0. The van der Waals surface area contributed by atoms with Gasteiger partial charge in [-0.25, -0.2) is 0 Å². The molecule has 152 valence electrons. The molecular formula is C23H31NO4. The largest absolute Gasteiger partial charge is 0.633 e. The smallest absolute Gasteiger partial charge is 0.309 e. The molecule has 2 saturated heterocycles. The van der Waals surface area contributed by atoms with Crippen LogP contribution in [0.2, 0.25) is 0 Å². The second kappa shape index (κ2) is 5.10. The number of allylic oxidation sites excluding steroid dienone is 2. The Hall–Kier alpha value is -1.20. The summed E-state index contributed by atoms with van der Waals surface area (Å²) in [6, 6.07) is 0.0147. The van der Waals surface area contributed by atoms with Gasteiger partial charge in [0.25, 0.3) is 0 Å². The van der Waals surface area contributed by atoms with Gasteiger partial charge in [-0.05, 0) is 38.0 Å². The quantitative estimate of drug-likeness (QED) is 0.301. The molecule has 4 fully saturated rings. The maximum Gasteiger partial charge on any atom is 0.309 e. The van der Waals surface area contributed by atoms with Crippen molar-refractivity contribution in [2.75, 3.05) is 20.2 Å². The van der Waals surface area contributed by atoms with Crippen LogP contribution in [-0.4, -0.2) is 42.6 Å². The standard InChI is InChI=1S/C23H31NO4/c1-12-10-24(27)11-14-6-4-13-5-7-15-17(21(26)28-3)9-23(19(13)15)20(25)16(12)8-18(24)22(14,23)2/h12,14-18H,4-11H2,1-3H3/t12-,14-,15-,16-,17-,18?,22-,23+,24?/m1/s1. The van der Waals surface area contributed by atoms with Gasteiger partial charge >= 0.3 is 5.97 Å². The highest BCUT2D eigenvalue weighted by Gasteiger charge is 2.79. The lowest BCUT2D eigenvalue weighted by Crippen LogP contribution is -2.68. The van der Waals surface area contributed by atoms with Gasteiger partial charge in [0, 0.05) is 29.6 Å². The molecule has 28 heavy (non-hydrogen) atoms. The van der Waals surface area contributed by atoms with Crippen molar-refractivity contribution in [3.8, 4) is 0 Å². The number of hydrogen-bond acceptors (Lipinski definition) is 4. The number of fused-ring (bicyclic) bond motifs is 1. The summed E-state index contributed by atoms with van der Waals surface area (Å²) in [5.41, 5.74) is 1.88. The number of nitrogens with zero attached hydrogens (tertiary/aromatic N) is 1. The van der Waals surface area contributed by atoms with Crippen molar-refractivity contribution in [1.29, 1.82) is 0 Å². The van der Waals surface area contributed by atoms with Gasteiger partial charge in [0.15, 0.2) is 0 Å². The lowest BCUT2D eigenvalue weighted by atomic mass is 9.45. The number of methoxy groups -OCH3 is 1. The van der Waals surface area contributed by atoms with Crippen LogP contribution in [0, 0.1) is 45.6 Å². The summed E-state index contributed by atoms with van der Waals surface area (Å²) < 4.78 is 5.11. The van der Waals surface area contributed by atoms with E-state index in [1.165, 1.54) is 18.3 Å². The van der Waals surface area contributed by atoms with Gasteiger partial charge in [0.2, 0.25) is 0 Å². The molecule has 2 bridgehead atoms. The fourth-order valence-corrected chi connectivity index (χ4v) is 9.37. The van der Waals surface area contributed by atoms with Crippen LogP contribution in [0.3, 0.4) is 0 Å². The van der Waals surface area contributed by atoms with Crippen LogP contribution in [-0.2, 0) is 14.3 Å². The minimum atomic E-state index is -0.587. The van der Waals surface area contributed by atoms with Gasteiger partial charge in [-0.1, -0.05) is 25.0 Å². The molecule has 2 heterocycles. The van der Waals surface area contributed by atoms with Crippen molar-refractivity contribution in [3.05, 3.63) is 16.4 Å². The summed E-state index contributed by atoms with van der Waals surface area (Å²) in [6.07, 6.45) is 5.40. The van der Waals surface area contributed by atoms with E-state index in [0.717, 1.165) is 32.1 Å². The number of esters is 1. The molecular weight excluding hydrogens is 354 g/mol. The molecule has 0 aromatic heterocycles. The number of carbonyl (C=O) groups is 2. The first-order valence-electron chi connectivity index (χ1n) is 11.2. The molecule has 6 aliphatic rings. The Morgan fingerprint density at radius 1 is 1.21 bits per heavy atom. The van der Waals surface area contributed by atoms with Gasteiger partial charge in [-0.15, -0.1) is 0 Å². The molecule has 2 saturated carbocycles. The number of piperidine rings is 1. The SMILES string of the molecule is COC(=O)[C@@H]1C[C@]23C(=O)[C@@H]4CC5[C@@]2(C)[C@H](CCC2=C3[C@@H]1CC2)C[N+]5([O-])C[C@H]4C. The molecule has 6 rings (SSSR count). The molecule has 2 aliphatic heterocycles. The van der Waals surface area contributed by atoms with E-state index in [-0.39, 0.29) is 51.7 Å². The van der Waals surface area contributed by atoms with Crippen LogP contribution in [0.1, 0.15) is 52.4 Å². The number of Topliss-reactive ketones (excluding diaryl/α,β-unsaturated/α-hetero) is 1. The van der Waals surface area contributed by atoms with E-state index in [1.807, 2.05) is 0 Å². The van der Waals surface area contributed by atoms with Crippen molar-refractivity contribution in [1.82, 2.24) is 0 Å². The molecule has 0 aromatic carbocycles. The predicted octanol–water partition coefficient (Wildman–Crippen LogP) is 3.22. The summed E-state index contributed by atoms with van der Waals surface area (Å²) in [5.74, 6) is 0.588. The number of hydroxylamine groups is 3. The highest BCUT2D eigenvalue weighted by Crippen LogP contribution is 2.76. The molecule has 4 aliphatic carbocycles. The summed E-state index contributed by atoms with van der Waals surface area (Å²) in [6.45, 7) is 5.65. The zero-order valence-corrected chi connectivity index (χ0v) is 17.2. The average Bonchev–Trinajstić information content (AvgIpc) is 3.26. The highest BCUT2D eigenvalue weighted by atomic mass is 16.6. The minimum absolute atomic E-state index is 0.0125. The van der Waals surface area contributed by atoms with Crippen LogP contribution >= 0.6 is 0 Å². The number of ether oxygens (including phenoxy) is 1. The molecule has 0 radical (unpaired) electrons. The average molecular weight is 386 g/mol. The molecule has 1 spiro atoms. The van der Waals surface area contributed by atoms with Gasteiger partial charge in [-0.2, -0.15) is 0 Å². The lowest BCUT2D eigenvalue weighted by Gasteiger charge is -2.62. The van der Waals surface area contributed by atoms with E-state index in [2.05, 4.69) is 13.8 Å². The van der Waals surface area contributed by atoms with Crippen LogP contribution < -0.4 is 0 Å². The fraction of sp³-hybridized carbons (Fsp3) is 0.826. The van der Waals surface area contributed by atoms with E-state index in [4.69, 9.17) is 4.74 Å². The molecule has 2 unspecified atom stereocenters. The topological polar surface area (TPSA) is 66.4 Å². The van der Waals surface area contributed by atoms with Crippen molar-refractivity contribution in [3.63, 3.8) is 0 Å². The molecule has 0 N–H and O–H groups in total. The van der Waals surface area contributed by atoms with E-state index in [1.54, 1.807) is 0 Å².